The van der Waals surface area contributed by atoms with Crippen molar-refractivity contribution >= 4 is 18.1 Å². The lowest BCUT2D eigenvalue weighted by atomic mass is 10.2. The summed E-state index contributed by atoms with van der Waals surface area (Å²) in [5, 5.41) is 12.5. The molecule has 0 aliphatic rings. The zero-order chi connectivity index (χ0) is 18.1. The third kappa shape index (κ3) is 5.98. The molecule has 0 unspecified atom stereocenters. The van der Waals surface area contributed by atoms with Crippen LogP contribution in [0.1, 0.15) is 22.8 Å². The Morgan fingerprint density at radius 2 is 1.88 bits per heavy atom. The lowest BCUT2D eigenvalue weighted by molar-refractivity contribution is -0.139. The molecule has 2 rings (SSSR count). The van der Waals surface area contributed by atoms with Crippen LogP contribution in [0.15, 0.2) is 53.6 Å². The maximum Gasteiger partial charge on any atom is 0.341 e. The molecule has 2 N–H and O–H groups in total. The zero-order valence-corrected chi connectivity index (χ0v) is 13.6. The molecule has 0 atom stereocenters. The number of hydrazone groups is 1. The first-order chi connectivity index (χ1) is 12.1. The summed E-state index contributed by atoms with van der Waals surface area (Å²) < 4.78 is 10.4. The Bertz CT molecular complexity index is 756. The van der Waals surface area contributed by atoms with Crippen molar-refractivity contribution in [1.82, 2.24) is 5.43 Å². The predicted molar refractivity (Wildman–Crippen MR) is 92.2 cm³/mol. The van der Waals surface area contributed by atoms with E-state index in [1.54, 1.807) is 48.5 Å². The van der Waals surface area contributed by atoms with Crippen LogP contribution in [0.3, 0.4) is 0 Å². The number of carboxylic acids is 1. The minimum Gasteiger partial charge on any atom is -0.494 e. The van der Waals surface area contributed by atoms with Crippen molar-refractivity contribution in [2.24, 2.45) is 5.10 Å². The maximum absolute atomic E-state index is 12.0. The van der Waals surface area contributed by atoms with Crippen LogP contribution < -0.4 is 14.9 Å². The van der Waals surface area contributed by atoms with Crippen molar-refractivity contribution in [3.63, 3.8) is 0 Å². The highest BCUT2D eigenvalue weighted by Crippen LogP contribution is 2.13. The average molecular weight is 342 g/mol. The number of carboxylic acid groups (broad SMARTS) is 1. The van der Waals surface area contributed by atoms with Crippen molar-refractivity contribution in [2.75, 3.05) is 13.2 Å². The van der Waals surface area contributed by atoms with Crippen molar-refractivity contribution in [3.05, 3.63) is 59.7 Å². The molecule has 0 saturated carbocycles. The topological polar surface area (TPSA) is 97.2 Å². The Morgan fingerprint density at radius 1 is 1.12 bits per heavy atom. The number of hydrogen-bond donors (Lipinski definition) is 2. The van der Waals surface area contributed by atoms with Gasteiger partial charge in [-0.15, -0.1) is 0 Å². The molecular formula is C18H18N2O5. The number of rotatable bonds is 8. The van der Waals surface area contributed by atoms with E-state index in [4.69, 9.17) is 14.6 Å². The molecule has 0 radical (unpaired) electrons. The molecule has 7 nitrogen and oxygen atoms in total. The highest BCUT2D eigenvalue weighted by molar-refractivity contribution is 5.95. The van der Waals surface area contributed by atoms with Gasteiger partial charge < -0.3 is 14.6 Å². The largest absolute Gasteiger partial charge is 0.494 e. The monoisotopic (exact) mass is 342 g/mol. The number of amides is 1. The molecule has 7 heteroatoms. The fourth-order valence-electron chi connectivity index (χ4n) is 1.93. The first-order valence-electron chi connectivity index (χ1n) is 7.59. The number of carbonyl (C=O) groups is 2. The van der Waals surface area contributed by atoms with Gasteiger partial charge in [-0.05, 0) is 48.9 Å². The van der Waals surface area contributed by atoms with Gasteiger partial charge in [-0.3, -0.25) is 4.79 Å². The molecule has 0 aromatic heterocycles. The van der Waals surface area contributed by atoms with Gasteiger partial charge in [0.05, 0.1) is 12.8 Å². The van der Waals surface area contributed by atoms with Gasteiger partial charge in [0.2, 0.25) is 0 Å². The summed E-state index contributed by atoms with van der Waals surface area (Å²) >= 11 is 0. The van der Waals surface area contributed by atoms with E-state index in [0.29, 0.717) is 29.2 Å². The molecule has 0 aliphatic carbocycles. The fraction of sp³-hybridized carbons (Fsp3) is 0.167. The number of benzene rings is 2. The summed E-state index contributed by atoms with van der Waals surface area (Å²) in [6.07, 6.45) is 1.44. The zero-order valence-electron chi connectivity index (χ0n) is 13.6. The van der Waals surface area contributed by atoms with Crippen LogP contribution in [0.25, 0.3) is 0 Å². The van der Waals surface area contributed by atoms with Gasteiger partial charge in [-0.1, -0.05) is 12.1 Å². The van der Waals surface area contributed by atoms with Crippen LogP contribution in [0, 0.1) is 0 Å². The Labute approximate surface area is 144 Å². The third-order valence-corrected chi connectivity index (χ3v) is 3.03. The van der Waals surface area contributed by atoms with Gasteiger partial charge in [0.25, 0.3) is 5.91 Å². The average Bonchev–Trinajstić information content (AvgIpc) is 2.61. The van der Waals surface area contributed by atoms with Gasteiger partial charge in [0.1, 0.15) is 11.5 Å². The van der Waals surface area contributed by atoms with Gasteiger partial charge in [0.15, 0.2) is 6.61 Å². The van der Waals surface area contributed by atoms with Crippen molar-refractivity contribution < 1.29 is 24.2 Å². The second-order valence-electron chi connectivity index (χ2n) is 4.91. The van der Waals surface area contributed by atoms with E-state index in [0.717, 1.165) is 0 Å². The fourth-order valence-corrected chi connectivity index (χ4v) is 1.93. The van der Waals surface area contributed by atoms with Crippen LogP contribution in [0.4, 0.5) is 0 Å². The van der Waals surface area contributed by atoms with Crippen LogP contribution in [0.5, 0.6) is 11.5 Å². The summed E-state index contributed by atoms with van der Waals surface area (Å²) in [6, 6.07) is 13.4. The summed E-state index contributed by atoms with van der Waals surface area (Å²) in [6.45, 7) is 2.02. The molecule has 0 heterocycles. The van der Waals surface area contributed by atoms with E-state index >= 15 is 0 Å². The van der Waals surface area contributed by atoms with E-state index in [1.807, 2.05) is 6.92 Å². The van der Waals surface area contributed by atoms with Crippen LogP contribution in [-0.2, 0) is 4.79 Å². The van der Waals surface area contributed by atoms with Gasteiger partial charge in [-0.25, -0.2) is 10.2 Å². The molecule has 2 aromatic rings. The summed E-state index contributed by atoms with van der Waals surface area (Å²) in [5.74, 6) is -0.302. The number of carbonyl (C=O) groups excluding carboxylic acids is 1. The Kier molecular flexibility index (Phi) is 6.53. The normalized spacial score (nSPS) is 10.4. The Hall–Kier alpha value is -3.35. The van der Waals surface area contributed by atoms with E-state index in [2.05, 4.69) is 10.5 Å². The molecule has 0 spiro atoms. The first-order valence-corrected chi connectivity index (χ1v) is 7.59. The molecule has 0 saturated heterocycles. The quantitative estimate of drug-likeness (QED) is 0.567. The number of hydrogen-bond acceptors (Lipinski definition) is 5. The molecule has 0 bridgehead atoms. The number of ether oxygens (including phenoxy) is 2. The predicted octanol–water partition coefficient (Wildman–Crippen LogP) is 2.31. The van der Waals surface area contributed by atoms with E-state index in [-0.39, 0.29) is 5.91 Å². The van der Waals surface area contributed by atoms with Crippen molar-refractivity contribution in [2.45, 2.75) is 6.92 Å². The lowest BCUT2D eigenvalue weighted by Gasteiger charge is -2.04. The number of nitrogens with zero attached hydrogens (tertiary/aromatic N) is 1. The molecule has 1 amide bonds. The highest BCUT2D eigenvalue weighted by atomic mass is 16.5. The Balaban J connectivity index is 1.92. The highest BCUT2D eigenvalue weighted by Gasteiger charge is 2.04. The lowest BCUT2D eigenvalue weighted by Crippen LogP contribution is -2.17. The minimum atomic E-state index is -1.05. The summed E-state index contributed by atoms with van der Waals surface area (Å²) in [4.78, 5) is 22.5. The van der Waals surface area contributed by atoms with Gasteiger partial charge in [-0.2, -0.15) is 5.10 Å². The summed E-state index contributed by atoms with van der Waals surface area (Å²) in [7, 11) is 0. The molecule has 2 aromatic carbocycles. The number of nitrogens with one attached hydrogen (secondary N) is 1. The minimum absolute atomic E-state index is 0.349. The molecule has 0 aliphatic heterocycles. The van der Waals surface area contributed by atoms with Gasteiger partial charge >= 0.3 is 5.97 Å². The van der Waals surface area contributed by atoms with Crippen molar-refractivity contribution in [1.29, 1.82) is 0 Å². The second kappa shape index (κ2) is 9.07. The molecular weight excluding hydrogens is 324 g/mol. The SMILES string of the molecule is CCOc1ccc(C(=O)N/N=C\c2cccc(OCC(=O)O)c2)cc1. The first kappa shape index (κ1) is 18.0. The molecule has 130 valence electrons. The number of aliphatic carboxylic acids is 1. The van der Waals surface area contributed by atoms with Crippen LogP contribution in [0.2, 0.25) is 0 Å². The van der Waals surface area contributed by atoms with E-state index in [9.17, 15) is 9.59 Å². The second-order valence-corrected chi connectivity index (χ2v) is 4.91. The maximum atomic E-state index is 12.0. The van der Waals surface area contributed by atoms with Crippen molar-refractivity contribution in [3.8, 4) is 11.5 Å². The summed E-state index contributed by atoms with van der Waals surface area (Å²) in [5.41, 5.74) is 3.54. The molecule has 25 heavy (non-hydrogen) atoms. The van der Waals surface area contributed by atoms with Crippen LogP contribution in [-0.4, -0.2) is 36.4 Å². The third-order valence-electron chi connectivity index (χ3n) is 3.03. The molecule has 0 fully saturated rings. The van der Waals surface area contributed by atoms with Crippen LogP contribution >= 0.6 is 0 Å². The van der Waals surface area contributed by atoms with Gasteiger partial charge in [0, 0.05) is 5.56 Å². The Morgan fingerprint density at radius 3 is 2.56 bits per heavy atom. The van der Waals surface area contributed by atoms with E-state index < -0.39 is 12.6 Å². The van der Waals surface area contributed by atoms with E-state index in [1.165, 1.54) is 6.21 Å². The standard InChI is InChI=1S/C18H18N2O5/c1-2-24-15-8-6-14(7-9-15)18(23)20-19-11-13-4-3-5-16(10-13)25-12-17(21)22/h3-11H,2,12H2,1H3,(H,20,23)(H,21,22)/b19-11-. The smallest absolute Gasteiger partial charge is 0.341 e.